The standard InChI is InChI=1S/C23H36O/c1-3-14-4-6-16-15(12-14)5-7-18-17(16)8-10-23(2)21(9-11-24)19-13-20(19)22(18)23/h11,14-22H,3-10,12-13H2,1-2H3/t14-,15?,16?,17?,18?,19-,20?,21?,22?,23?/m0/s1. The summed E-state index contributed by atoms with van der Waals surface area (Å²) in [5.74, 6) is 8.90. The van der Waals surface area contributed by atoms with Gasteiger partial charge in [0.05, 0.1) is 0 Å². The predicted octanol–water partition coefficient (Wildman–Crippen LogP) is 5.73. The van der Waals surface area contributed by atoms with Gasteiger partial charge in [-0.2, -0.15) is 0 Å². The lowest BCUT2D eigenvalue weighted by molar-refractivity contribution is -0.112. The van der Waals surface area contributed by atoms with Crippen molar-refractivity contribution in [1.29, 1.82) is 0 Å². The summed E-state index contributed by atoms with van der Waals surface area (Å²) >= 11 is 0. The Balaban J connectivity index is 1.38. The maximum absolute atomic E-state index is 11.3. The highest BCUT2D eigenvalue weighted by atomic mass is 16.1. The molecule has 0 aromatic rings. The van der Waals surface area contributed by atoms with Crippen LogP contribution < -0.4 is 0 Å². The fourth-order valence-electron chi connectivity index (χ4n) is 8.98. The molecule has 5 saturated carbocycles. The van der Waals surface area contributed by atoms with Crippen LogP contribution >= 0.6 is 0 Å². The maximum Gasteiger partial charge on any atom is 0.120 e. The van der Waals surface area contributed by atoms with Crippen molar-refractivity contribution in [2.45, 2.75) is 78.1 Å². The molecule has 134 valence electrons. The van der Waals surface area contributed by atoms with Crippen molar-refractivity contribution < 1.29 is 4.79 Å². The highest BCUT2D eigenvalue weighted by Gasteiger charge is 2.68. The Kier molecular flexibility index (Phi) is 3.70. The fraction of sp³-hybridized carbons (Fsp3) is 0.957. The molecule has 0 heterocycles. The summed E-state index contributed by atoms with van der Waals surface area (Å²) in [5.41, 5.74) is 0.517. The van der Waals surface area contributed by atoms with E-state index in [-0.39, 0.29) is 0 Å². The van der Waals surface area contributed by atoms with Crippen molar-refractivity contribution in [3.63, 3.8) is 0 Å². The number of aldehydes is 1. The highest BCUT2D eigenvalue weighted by Crippen LogP contribution is 2.75. The predicted molar refractivity (Wildman–Crippen MR) is 97.4 cm³/mol. The third-order valence-corrected chi connectivity index (χ3v) is 10.0. The maximum atomic E-state index is 11.3. The largest absolute Gasteiger partial charge is 0.303 e. The van der Waals surface area contributed by atoms with Crippen LogP contribution in [0.15, 0.2) is 0 Å². The Hall–Kier alpha value is -0.330. The van der Waals surface area contributed by atoms with Crippen LogP contribution in [-0.2, 0) is 4.79 Å². The van der Waals surface area contributed by atoms with Crippen molar-refractivity contribution in [2.75, 3.05) is 0 Å². The second-order valence-electron chi connectivity index (χ2n) is 10.6. The second kappa shape index (κ2) is 5.58. The second-order valence-corrected chi connectivity index (χ2v) is 10.6. The molecule has 5 aliphatic carbocycles. The van der Waals surface area contributed by atoms with Crippen molar-refractivity contribution in [3.05, 3.63) is 0 Å². The van der Waals surface area contributed by atoms with Gasteiger partial charge in [0.15, 0.2) is 0 Å². The van der Waals surface area contributed by atoms with Gasteiger partial charge in [0.25, 0.3) is 0 Å². The van der Waals surface area contributed by atoms with Crippen LogP contribution in [0.5, 0.6) is 0 Å². The lowest BCUT2D eigenvalue weighted by Gasteiger charge is -2.57. The number of carbonyl (C=O) groups is 1. The fourth-order valence-corrected chi connectivity index (χ4v) is 8.98. The first kappa shape index (κ1) is 15.9. The number of carbonyl (C=O) groups excluding carboxylic acids is 1. The Labute approximate surface area is 148 Å². The van der Waals surface area contributed by atoms with Crippen molar-refractivity contribution in [2.24, 2.45) is 58.7 Å². The van der Waals surface area contributed by atoms with Gasteiger partial charge < -0.3 is 4.79 Å². The molecule has 0 N–H and O–H groups in total. The molecule has 8 unspecified atom stereocenters. The van der Waals surface area contributed by atoms with Gasteiger partial charge in [-0.1, -0.05) is 26.7 Å². The lowest BCUT2D eigenvalue weighted by Crippen LogP contribution is -2.50. The first-order chi connectivity index (χ1) is 11.7. The van der Waals surface area contributed by atoms with Crippen molar-refractivity contribution in [1.82, 2.24) is 0 Å². The van der Waals surface area contributed by atoms with Gasteiger partial charge in [-0.05, 0) is 104 Å². The van der Waals surface area contributed by atoms with Gasteiger partial charge in [0, 0.05) is 6.42 Å². The molecular weight excluding hydrogens is 292 g/mol. The molecule has 0 radical (unpaired) electrons. The molecule has 5 fully saturated rings. The normalized spacial score (nSPS) is 58.2. The monoisotopic (exact) mass is 328 g/mol. The number of fused-ring (bicyclic) bond motifs is 7. The molecule has 0 aliphatic heterocycles. The van der Waals surface area contributed by atoms with E-state index in [0.29, 0.717) is 5.41 Å². The van der Waals surface area contributed by atoms with Gasteiger partial charge in [-0.25, -0.2) is 0 Å². The third-order valence-electron chi connectivity index (χ3n) is 10.0. The molecule has 0 amide bonds. The molecule has 0 aromatic heterocycles. The smallest absolute Gasteiger partial charge is 0.120 e. The number of hydrogen-bond donors (Lipinski definition) is 0. The zero-order valence-corrected chi connectivity index (χ0v) is 15.8. The minimum absolute atomic E-state index is 0.517. The van der Waals surface area contributed by atoms with E-state index in [1.165, 1.54) is 51.2 Å². The Morgan fingerprint density at radius 3 is 2.54 bits per heavy atom. The van der Waals surface area contributed by atoms with E-state index >= 15 is 0 Å². The van der Waals surface area contributed by atoms with Crippen LogP contribution in [-0.4, -0.2) is 6.29 Å². The molecule has 1 heteroatoms. The number of hydrogen-bond acceptors (Lipinski definition) is 1. The summed E-state index contributed by atoms with van der Waals surface area (Å²) in [6.07, 6.45) is 15.6. The van der Waals surface area contributed by atoms with E-state index in [9.17, 15) is 4.79 Å². The minimum Gasteiger partial charge on any atom is -0.303 e. The quantitative estimate of drug-likeness (QED) is 0.605. The molecule has 0 aromatic carbocycles. The van der Waals surface area contributed by atoms with Gasteiger partial charge in [-0.15, -0.1) is 0 Å². The molecule has 5 aliphatic rings. The Morgan fingerprint density at radius 2 is 1.75 bits per heavy atom. The molecule has 0 saturated heterocycles. The molecule has 1 nitrogen and oxygen atoms in total. The van der Waals surface area contributed by atoms with Gasteiger partial charge in [-0.3, -0.25) is 0 Å². The van der Waals surface area contributed by atoms with Gasteiger partial charge in [0.2, 0.25) is 0 Å². The van der Waals surface area contributed by atoms with Crippen molar-refractivity contribution in [3.8, 4) is 0 Å². The van der Waals surface area contributed by atoms with Gasteiger partial charge >= 0.3 is 0 Å². The molecular formula is C23H36O. The summed E-state index contributed by atoms with van der Waals surface area (Å²) in [6, 6.07) is 0. The molecule has 0 spiro atoms. The topological polar surface area (TPSA) is 17.1 Å². The minimum atomic E-state index is 0.517. The van der Waals surface area contributed by atoms with Crippen LogP contribution in [0.1, 0.15) is 78.1 Å². The molecule has 5 rings (SSSR count). The third kappa shape index (κ3) is 2.08. The average molecular weight is 329 g/mol. The molecule has 24 heavy (non-hydrogen) atoms. The Bertz CT molecular complexity index is 512. The first-order valence-electron chi connectivity index (χ1n) is 11.1. The van der Waals surface area contributed by atoms with Crippen LogP contribution in [0, 0.1) is 58.7 Å². The van der Waals surface area contributed by atoms with E-state index in [1.54, 1.807) is 12.8 Å². The average Bonchev–Trinajstić information content (AvgIpc) is 3.33. The zero-order valence-electron chi connectivity index (χ0n) is 15.8. The van der Waals surface area contributed by atoms with Crippen LogP contribution in [0.2, 0.25) is 0 Å². The van der Waals surface area contributed by atoms with Crippen molar-refractivity contribution >= 4 is 6.29 Å². The first-order valence-corrected chi connectivity index (χ1v) is 11.1. The summed E-state index contributed by atoms with van der Waals surface area (Å²) in [4.78, 5) is 11.3. The summed E-state index contributed by atoms with van der Waals surface area (Å²) in [6.45, 7) is 5.00. The summed E-state index contributed by atoms with van der Waals surface area (Å²) < 4.78 is 0. The summed E-state index contributed by atoms with van der Waals surface area (Å²) in [7, 11) is 0. The van der Waals surface area contributed by atoms with Crippen LogP contribution in [0.3, 0.4) is 0 Å². The van der Waals surface area contributed by atoms with Crippen LogP contribution in [0.25, 0.3) is 0 Å². The van der Waals surface area contributed by atoms with E-state index in [4.69, 9.17) is 0 Å². The van der Waals surface area contributed by atoms with Crippen LogP contribution in [0.4, 0.5) is 0 Å². The lowest BCUT2D eigenvalue weighted by atomic mass is 9.48. The van der Waals surface area contributed by atoms with E-state index in [1.807, 2.05) is 0 Å². The zero-order chi connectivity index (χ0) is 16.5. The van der Waals surface area contributed by atoms with E-state index in [0.717, 1.165) is 59.7 Å². The van der Waals surface area contributed by atoms with E-state index < -0.39 is 0 Å². The molecule has 0 bridgehead atoms. The number of rotatable bonds is 3. The highest BCUT2D eigenvalue weighted by molar-refractivity contribution is 5.51. The Morgan fingerprint density at radius 1 is 0.917 bits per heavy atom. The SMILES string of the molecule is CC[C@H]1CCC2C(CCC3C2CCC2(C)C3C3C[C@@H]3C2CC=O)C1. The van der Waals surface area contributed by atoms with Gasteiger partial charge in [0.1, 0.15) is 6.29 Å². The summed E-state index contributed by atoms with van der Waals surface area (Å²) in [5, 5.41) is 0. The molecule has 10 atom stereocenters. The van der Waals surface area contributed by atoms with E-state index in [2.05, 4.69) is 13.8 Å².